The van der Waals surface area contributed by atoms with Crippen molar-refractivity contribution < 1.29 is 28.6 Å². The van der Waals surface area contributed by atoms with E-state index >= 15 is 0 Å². The van der Waals surface area contributed by atoms with Gasteiger partial charge in [0.05, 0.1) is 24.4 Å². The molecule has 0 N–H and O–H groups in total. The van der Waals surface area contributed by atoms with Crippen molar-refractivity contribution in [2.24, 2.45) is 0 Å². The van der Waals surface area contributed by atoms with Gasteiger partial charge in [-0.2, -0.15) is 0 Å². The maximum absolute atomic E-state index is 12.9. The molecule has 172 valence electrons. The second-order valence-electron chi connectivity index (χ2n) is 8.74. The van der Waals surface area contributed by atoms with E-state index in [4.69, 9.17) is 14.2 Å². The normalized spacial score (nSPS) is 16.6. The lowest BCUT2D eigenvalue weighted by molar-refractivity contribution is -0.144. The topological polar surface area (TPSA) is 87.1 Å². The highest BCUT2D eigenvalue weighted by molar-refractivity contribution is 14.1. The van der Waals surface area contributed by atoms with E-state index < -0.39 is 29.8 Å². The number of benzene rings is 1. The van der Waals surface area contributed by atoms with Crippen LogP contribution in [0.2, 0.25) is 0 Å². The third-order valence-electron chi connectivity index (χ3n) is 4.74. The van der Waals surface area contributed by atoms with Crippen molar-refractivity contribution in [3.63, 3.8) is 0 Å². The SMILES string of the molecule is COC(=O)[C@@H]1CC(I)=C(c2ccc3c(ccn3C(=O)OC(C)(C)C)c2)N1C(=O)OC(C)C. The summed E-state index contributed by atoms with van der Waals surface area (Å²) in [7, 11) is 1.30. The van der Waals surface area contributed by atoms with Crippen LogP contribution in [0.25, 0.3) is 16.6 Å². The predicted octanol–water partition coefficient (Wildman–Crippen LogP) is 5.32. The molecule has 32 heavy (non-hydrogen) atoms. The number of amides is 1. The van der Waals surface area contributed by atoms with Gasteiger partial charge < -0.3 is 14.2 Å². The Kier molecular flexibility index (Phi) is 6.87. The molecule has 1 aliphatic heterocycles. The smallest absolute Gasteiger partial charge is 0.418 e. The van der Waals surface area contributed by atoms with Gasteiger partial charge in [-0.15, -0.1) is 0 Å². The number of rotatable bonds is 3. The lowest BCUT2D eigenvalue weighted by Gasteiger charge is -2.26. The minimum absolute atomic E-state index is 0.340. The number of fused-ring (bicyclic) bond motifs is 1. The molecule has 0 fully saturated rings. The number of esters is 1. The number of ether oxygens (including phenoxy) is 3. The Morgan fingerprint density at radius 3 is 2.41 bits per heavy atom. The van der Waals surface area contributed by atoms with Gasteiger partial charge in [0.25, 0.3) is 0 Å². The summed E-state index contributed by atoms with van der Waals surface area (Å²) in [6.45, 7) is 8.94. The van der Waals surface area contributed by atoms with Crippen LogP contribution in [0.15, 0.2) is 34.0 Å². The molecule has 1 aromatic heterocycles. The van der Waals surface area contributed by atoms with Gasteiger partial charge in [0.15, 0.2) is 0 Å². The van der Waals surface area contributed by atoms with E-state index in [9.17, 15) is 14.4 Å². The number of aromatic nitrogens is 1. The molecule has 9 heteroatoms. The molecule has 0 bridgehead atoms. The van der Waals surface area contributed by atoms with E-state index in [1.54, 1.807) is 32.2 Å². The van der Waals surface area contributed by atoms with Crippen LogP contribution in [0.3, 0.4) is 0 Å². The van der Waals surface area contributed by atoms with Gasteiger partial charge in [-0.1, -0.05) is 6.07 Å². The van der Waals surface area contributed by atoms with Crippen molar-refractivity contribution in [2.45, 2.75) is 58.8 Å². The van der Waals surface area contributed by atoms with Gasteiger partial charge in [0.1, 0.15) is 11.6 Å². The first-order chi connectivity index (χ1) is 14.9. The average molecular weight is 554 g/mol. The van der Waals surface area contributed by atoms with E-state index in [0.717, 1.165) is 14.5 Å². The zero-order valence-corrected chi connectivity index (χ0v) is 21.1. The highest BCUT2D eigenvalue weighted by atomic mass is 127. The molecule has 2 aromatic rings. The molecular weight excluding hydrogens is 527 g/mol. The van der Waals surface area contributed by atoms with Crippen molar-refractivity contribution in [2.75, 3.05) is 7.11 Å². The molecule has 1 atom stereocenters. The highest BCUT2D eigenvalue weighted by Gasteiger charge is 2.42. The Labute approximate surface area is 200 Å². The number of halogens is 1. The molecule has 3 rings (SSSR count). The molecular formula is C23H27IN2O6. The maximum atomic E-state index is 12.9. The monoisotopic (exact) mass is 554 g/mol. The number of carbonyl (C=O) groups excluding carboxylic acids is 3. The molecule has 1 amide bonds. The van der Waals surface area contributed by atoms with E-state index in [0.29, 0.717) is 17.6 Å². The Bertz CT molecular complexity index is 1100. The molecule has 0 saturated carbocycles. The zero-order valence-electron chi connectivity index (χ0n) is 19.0. The summed E-state index contributed by atoms with van der Waals surface area (Å²) >= 11 is 2.14. The van der Waals surface area contributed by atoms with Gasteiger partial charge >= 0.3 is 18.2 Å². The third-order valence-corrected chi connectivity index (χ3v) is 5.69. The van der Waals surface area contributed by atoms with Crippen molar-refractivity contribution in [3.8, 4) is 0 Å². The van der Waals surface area contributed by atoms with Crippen LogP contribution in [0, 0.1) is 0 Å². The Balaban J connectivity index is 2.01. The maximum Gasteiger partial charge on any atom is 0.418 e. The molecule has 1 aromatic carbocycles. The van der Waals surface area contributed by atoms with E-state index in [2.05, 4.69) is 22.6 Å². The lowest BCUT2D eigenvalue weighted by atomic mass is 10.1. The van der Waals surface area contributed by atoms with Crippen LogP contribution in [0.1, 0.15) is 46.6 Å². The standard InChI is InChI=1S/C23H27IN2O6/c1-13(2)31-22(29)26-18(20(27)30-6)12-16(24)19(26)15-7-8-17-14(11-15)9-10-25(17)21(28)32-23(3,4)5/h7-11,13,18H,12H2,1-6H3/t18-/m0/s1. The van der Waals surface area contributed by atoms with Crippen LogP contribution in [0.4, 0.5) is 9.59 Å². The molecule has 0 aliphatic carbocycles. The molecule has 2 heterocycles. The van der Waals surface area contributed by atoms with E-state index in [1.165, 1.54) is 16.6 Å². The number of carbonyl (C=O) groups is 3. The molecule has 0 spiro atoms. The molecule has 0 saturated heterocycles. The molecule has 0 unspecified atom stereocenters. The Morgan fingerprint density at radius 2 is 1.81 bits per heavy atom. The fourth-order valence-electron chi connectivity index (χ4n) is 3.50. The van der Waals surface area contributed by atoms with Crippen molar-refractivity contribution >= 4 is 57.3 Å². The van der Waals surface area contributed by atoms with Crippen LogP contribution in [-0.2, 0) is 19.0 Å². The average Bonchev–Trinajstić information content (AvgIpc) is 3.25. The predicted molar refractivity (Wildman–Crippen MR) is 128 cm³/mol. The second-order valence-corrected chi connectivity index (χ2v) is 10.0. The van der Waals surface area contributed by atoms with Gasteiger partial charge in [0, 0.05) is 21.6 Å². The Hall–Kier alpha value is -2.56. The molecule has 1 aliphatic rings. The number of hydrogen-bond donors (Lipinski definition) is 0. The Morgan fingerprint density at radius 1 is 1.12 bits per heavy atom. The first-order valence-electron chi connectivity index (χ1n) is 10.2. The molecule has 0 radical (unpaired) electrons. The van der Waals surface area contributed by atoms with Crippen LogP contribution >= 0.6 is 22.6 Å². The summed E-state index contributed by atoms with van der Waals surface area (Å²) in [5.74, 6) is -0.507. The highest BCUT2D eigenvalue weighted by Crippen LogP contribution is 2.41. The van der Waals surface area contributed by atoms with Gasteiger partial charge in [-0.3, -0.25) is 9.47 Å². The number of methoxy groups -OCH3 is 1. The summed E-state index contributed by atoms with van der Waals surface area (Å²) in [5, 5.41) is 0.795. The number of hydrogen-bond acceptors (Lipinski definition) is 6. The van der Waals surface area contributed by atoms with Gasteiger partial charge in [-0.25, -0.2) is 14.4 Å². The summed E-state index contributed by atoms with van der Waals surface area (Å²) < 4.78 is 18.1. The lowest BCUT2D eigenvalue weighted by Crippen LogP contribution is -2.42. The first kappa shape index (κ1) is 24.1. The summed E-state index contributed by atoms with van der Waals surface area (Å²) in [5.41, 5.74) is 1.39. The fourth-order valence-corrected chi connectivity index (χ4v) is 4.49. The molecule has 8 nitrogen and oxygen atoms in total. The quantitative estimate of drug-likeness (QED) is 0.290. The van der Waals surface area contributed by atoms with Crippen molar-refractivity contribution in [1.82, 2.24) is 9.47 Å². The minimum atomic E-state index is -0.796. The van der Waals surface area contributed by atoms with Crippen molar-refractivity contribution in [3.05, 3.63) is 39.6 Å². The van der Waals surface area contributed by atoms with Crippen LogP contribution < -0.4 is 0 Å². The van der Waals surface area contributed by atoms with E-state index in [1.807, 2.05) is 32.9 Å². The fraction of sp³-hybridized carbons (Fsp3) is 0.435. The third kappa shape index (κ3) is 4.92. The number of nitrogens with zero attached hydrogens (tertiary/aromatic N) is 2. The zero-order chi connectivity index (χ0) is 23.8. The van der Waals surface area contributed by atoms with Gasteiger partial charge in [0.2, 0.25) is 0 Å². The largest absolute Gasteiger partial charge is 0.467 e. The second kappa shape index (κ2) is 9.13. The van der Waals surface area contributed by atoms with E-state index in [-0.39, 0.29) is 6.10 Å². The van der Waals surface area contributed by atoms with Crippen LogP contribution in [-0.4, -0.2) is 52.5 Å². The van der Waals surface area contributed by atoms with Gasteiger partial charge in [-0.05, 0) is 81.0 Å². The van der Waals surface area contributed by atoms with Crippen LogP contribution in [0.5, 0.6) is 0 Å². The van der Waals surface area contributed by atoms with Crippen molar-refractivity contribution in [1.29, 1.82) is 0 Å². The summed E-state index contributed by atoms with van der Waals surface area (Å²) in [6.07, 6.45) is 0.572. The summed E-state index contributed by atoms with van der Waals surface area (Å²) in [6, 6.07) is 6.49. The summed E-state index contributed by atoms with van der Waals surface area (Å²) in [4.78, 5) is 39.2. The minimum Gasteiger partial charge on any atom is -0.467 e. The first-order valence-corrected chi connectivity index (χ1v) is 11.3.